The Kier molecular flexibility index (Phi) is 6.88. The van der Waals surface area contributed by atoms with Crippen molar-refractivity contribution in [3.63, 3.8) is 0 Å². The minimum atomic E-state index is -1.32. The van der Waals surface area contributed by atoms with E-state index in [1.165, 1.54) is 13.0 Å². The Hall–Kier alpha value is -2.05. The van der Waals surface area contributed by atoms with Crippen molar-refractivity contribution in [3.8, 4) is 0 Å². The third-order valence-corrected chi connectivity index (χ3v) is 3.66. The Morgan fingerprint density at radius 2 is 2.18 bits per heavy atom. The lowest BCUT2D eigenvalue weighted by atomic mass is 9.88. The maximum absolute atomic E-state index is 11.4. The molecule has 0 saturated heterocycles. The van der Waals surface area contributed by atoms with Crippen molar-refractivity contribution in [1.29, 1.82) is 0 Å². The summed E-state index contributed by atoms with van der Waals surface area (Å²) in [5.41, 5.74) is 8.70. The number of nitrogens with zero attached hydrogens (tertiary/aromatic N) is 3. The fourth-order valence-corrected chi connectivity index (χ4v) is 2.51. The Bertz CT molecular complexity index is 495. The SMILES string of the molecule is CCC(CC)O[C@@H]1C=C(C(=O)[O-])C[C@H](N=[N+]=[N-])[C@H]1NC(C)=O. The van der Waals surface area contributed by atoms with Gasteiger partial charge in [-0.2, -0.15) is 0 Å². The summed E-state index contributed by atoms with van der Waals surface area (Å²) < 4.78 is 5.89. The number of carbonyl (C=O) groups excluding carboxylic acids is 2. The summed E-state index contributed by atoms with van der Waals surface area (Å²) in [5, 5.41) is 17.5. The van der Waals surface area contributed by atoms with Crippen LogP contribution in [-0.4, -0.2) is 36.2 Å². The minimum absolute atomic E-state index is 0.000116. The molecule has 0 aliphatic heterocycles. The Labute approximate surface area is 129 Å². The van der Waals surface area contributed by atoms with Crippen LogP contribution in [0, 0.1) is 0 Å². The quantitative estimate of drug-likeness (QED) is 0.424. The van der Waals surface area contributed by atoms with Crippen LogP contribution in [-0.2, 0) is 14.3 Å². The lowest BCUT2D eigenvalue weighted by Crippen LogP contribution is -2.53. The summed E-state index contributed by atoms with van der Waals surface area (Å²) >= 11 is 0. The van der Waals surface area contributed by atoms with E-state index in [-0.39, 0.29) is 24.0 Å². The number of nitrogens with one attached hydrogen (secondary N) is 1. The average molecular weight is 309 g/mol. The van der Waals surface area contributed by atoms with Gasteiger partial charge in [-0.25, -0.2) is 0 Å². The maximum Gasteiger partial charge on any atom is 0.217 e. The highest BCUT2D eigenvalue weighted by atomic mass is 16.5. The topological polar surface area (TPSA) is 127 Å². The smallest absolute Gasteiger partial charge is 0.217 e. The summed E-state index contributed by atoms with van der Waals surface area (Å²) in [6.45, 7) is 5.26. The van der Waals surface area contributed by atoms with E-state index in [1.54, 1.807) is 0 Å². The van der Waals surface area contributed by atoms with E-state index in [2.05, 4.69) is 15.3 Å². The monoisotopic (exact) mass is 309 g/mol. The van der Waals surface area contributed by atoms with Gasteiger partial charge in [0.05, 0.1) is 30.3 Å². The molecule has 0 heterocycles. The van der Waals surface area contributed by atoms with Crippen molar-refractivity contribution in [2.24, 2.45) is 5.11 Å². The first kappa shape index (κ1) is 18.0. The number of carbonyl (C=O) groups is 2. The first-order chi connectivity index (χ1) is 10.4. The van der Waals surface area contributed by atoms with Gasteiger partial charge in [0.2, 0.25) is 5.91 Å². The molecular formula is C14H21N4O4-. The molecule has 8 nitrogen and oxygen atoms in total. The van der Waals surface area contributed by atoms with Crippen LogP contribution in [0.5, 0.6) is 0 Å². The molecule has 1 aliphatic rings. The van der Waals surface area contributed by atoms with E-state index in [0.29, 0.717) is 0 Å². The van der Waals surface area contributed by atoms with E-state index < -0.39 is 24.2 Å². The largest absolute Gasteiger partial charge is 0.545 e. The van der Waals surface area contributed by atoms with Crippen LogP contribution in [0.15, 0.2) is 16.8 Å². The van der Waals surface area contributed by atoms with E-state index in [1.807, 2.05) is 13.8 Å². The van der Waals surface area contributed by atoms with Crippen LogP contribution < -0.4 is 10.4 Å². The average Bonchev–Trinajstić information content (AvgIpc) is 2.46. The fourth-order valence-electron chi connectivity index (χ4n) is 2.51. The second-order valence-corrected chi connectivity index (χ2v) is 5.22. The molecule has 3 atom stereocenters. The van der Waals surface area contributed by atoms with Crippen LogP contribution in [0.2, 0.25) is 0 Å². The summed E-state index contributed by atoms with van der Waals surface area (Å²) in [4.78, 5) is 25.3. The number of hydrogen-bond donors (Lipinski definition) is 1. The van der Waals surface area contributed by atoms with Crippen molar-refractivity contribution in [2.45, 2.75) is 64.3 Å². The standard InChI is InChI=1S/C14H22N4O4/c1-4-10(5-2)22-12-7-9(14(20)21)6-11(17-18-15)13(12)16-8(3)19/h7,10-13H,4-6H2,1-3H3,(H,16,19)(H,20,21)/p-1/t11-,12+,13+/m0/s1. The third kappa shape index (κ3) is 4.75. The van der Waals surface area contributed by atoms with Crippen LogP contribution in [0.3, 0.4) is 0 Å². The van der Waals surface area contributed by atoms with Gasteiger partial charge in [-0.1, -0.05) is 19.0 Å². The van der Waals surface area contributed by atoms with Crippen molar-refractivity contribution in [1.82, 2.24) is 5.32 Å². The molecule has 0 unspecified atom stereocenters. The summed E-state index contributed by atoms with van der Waals surface area (Å²) in [6.07, 6.45) is 2.19. The lowest BCUT2D eigenvalue weighted by molar-refractivity contribution is -0.299. The second-order valence-electron chi connectivity index (χ2n) is 5.22. The molecule has 1 aliphatic carbocycles. The fraction of sp³-hybridized carbons (Fsp3) is 0.714. The van der Waals surface area contributed by atoms with Gasteiger partial charge in [0, 0.05) is 11.8 Å². The number of amides is 1. The highest BCUT2D eigenvalue weighted by Gasteiger charge is 2.35. The van der Waals surface area contributed by atoms with Crippen LogP contribution >= 0.6 is 0 Å². The van der Waals surface area contributed by atoms with Crippen molar-refractivity contribution < 1.29 is 19.4 Å². The van der Waals surface area contributed by atoms with Gasteiger partial charge in [0.25, 0.3) is 0 Å². The molecule has 0 bridgehead atoms. The molecular weight excluding hydrogens is 288 g/mol. The van der Waals surface area contributed by atoms with Crippen LogP contribution in [0.25, 0.3) is 10.4 Å². The molecule has 1 amide bonds. The Morgan fingerprint density at radius 1 is 1.55 bits per heavy atom. The first-order valence-corrected chi connectivity index (χ1v) is 7.31. The maximum atomic E-state index is 11.4. The van der Waals surface area contributed by atoms with Crippen LogP contribution in [0.1, 0.15) is 40.0 Å². The van der Waals surface area contributed by atoms with E-state index in [0.717, 1.165) is 12.8 Å². The van der Waals surface area contributed by atoms with Gasteiger partial charge in [-0.3, -0.25) is 4.79 Å². The molecule has 0 aromatic rings. The Balaban J connectivity index is 3.14. The number of azide groups is 1. The second kappa shape index (κ2) is 8.41. The predicted molar refractivity (Wildman–Crippen MR) is 77.5 cm³/mol. The molecule has 0 aromatic heterocycles. The van der Waals surface area contributed by atoms with Gasteiger partial charge in [-0.05, 0) is 36.4 Å². The zero-order valence-electron chi connectivity index (χ0n) is 13.0. The number of rotatable bonds is 7. The zero-order chi connectivity index (χ0) is 16.7. The number of carboxylic acids is 1. The molecule has 22 heavy (non-hydrogen) atoms. The number of hydrogen-bond acceptors (Lipinski definition) is 5. The summed E-state index contributed by atoms with van der Waals surface area (Å²) in [5.74, 6) is -1.62. The van der Waals surface area contributed by atoms with E-state index in [9.17, 15) is 14.7 Å². The molecule has 0 aromatic carbocycles. The minimum Gasteiger partial charge on any atom is -0.545 e. The van der Waals surface area contributed by atoms with Gasteiger partial charge >= 0.3 is 0 Å². The van der Waals surface area contributed by atoms with E-state index >= 15 is 0 Å². The zero-order valence-corrected chi connectivity index (χ0v) is 13.0. The molecule has 0 saturated carbocycles. The number of carboxylic acid groups (broad SMARTS) is 1. The molecule has 1 rings (SSSR count). The highest BCUT2D eigenvalue weighted by molar-refractivity contribution is 5.85. The summed E-state index contributed by atoms with van der Waals surface area (Å²) in [6, 6.07) is -1.33. The highest BCUT2D eigenvalue weighted by Crippen LogP contribution is 2.26. The van der Waals surface area contributed by atoms with Gasteiger partial charge < -0.3 is 20.0 Å². The first-order valence-electron chi connectivity index (χ1n) is 7.31. The van der Waals surface area contributed by atoms with Crippen molar-refractivity contribution in [2.75, 3.05) is 0 Å². The van der Waals surface area contributed by atoms with Crippen molar-refractivity contribution >= 4 is 11.9 Å². The molecule has 0 spiro atoms. The lowest BCUT2D eigenvalue weighted by Gasteiger charge is -2.37. The predicted octanol–water partition coefficient (Wildman–Crippen LogP) is 0.824. The molecule has 122 valence electrons. The summed E-state index contributed by atoms with van der Waals surface area (Å²) in [7, 11) is 0. The van der Waals surface area contributed by atoms with Gasteiger partial charge in [-0.15, -0.1) is 0 Å². The third-order valence-electron chi connectivity index (χ3n) is 3.66. The molecule has 0 fully saturated rings. The van der Waals surface area contributed by atoms with Crippen LogP contribution in [0.4, 0.5) is 0 Å². The molecule has 8 heteroatoms. The van der Waals surface area contributed by atoms with Crippen molar-refractivity contribution in [3.05, 3.63) is 22.1 Å². The number of aliphatic carboxylic acids is 1. The van der Waals surface area contributed by atoms with Gasteiger partial charge in [0.15, 0.2) is 0 Å². The van der Waals surface area contributed by atoms with Gasteiger partial charge in [0.1, 0.15) is 0 Å². The normalized spacial score (nSPS) is 24.4. The molecule has 1 N–H and O–H groups in total. The Morgan fingerprint density at radius 3 is 2.64 bits per heavy atom. The molecule has 0 radical (unpaired) electrons. The van der Waals surface area contributed by atoms with E-state index in [4.69, 9.17) is 10.3 Å². The number of ether oxygens (including phenoxy) is 1.